The van der Waals surface area contributed by atoms with Crippen LogP contribution in [0.4, 0.5) is 0 Å². The molecular weight excluding hydrogens is 310 g/mol. The highest BCUT2D eigenvalue weighted by Crippen LogP contribution is 2.66. The summed E-state index contributed by atoms with van der Waals surface area (Å²) in [6.07, 6.45) is 9.48. The topological polar surface area (TPSA) is 40.5 Å². The molecule has 2 heterocycles. The molecule has 0 radical (unpaired) electrons. The van der Waals surface area contributed by atoms with Crippen molar-refractivity contribution in [3.8, 4) is 0 Å². The van der Waals surface area contributed by atoms with E-state index in [1.807, 2.05) is 0 Å². The molecular formula is C22H37NO2. The maximum absolute atomic E-state index is 11.0. The van der Waals surface area contributed by atoms with Crippen LogP contribution in [0, 0.1) is 35.0 Å². The number of hydrogen-bond donors (Lipinski definition) is 1. The van der Waals surface area contributed by atoms with E-state index in [2.05, 4.69) is 32.6 Å². The molecule has 0 aromatic heterocycles. The van der Waals surface area contributed by atoms with E-state index < -0.39 is 5.97 Å². The van der Waals surface area contributed by atoms with Gasteiger partial charge >= 0.3 is 5.97 Å². The second-order valence-corrected chi connectivity index (χ2v) is 10.4. The summed E-state index contributed by atoms with van der Waals surface area (Å²) >= 11 is 0. The molecule has 2 saturated heterocycles. The lowest BCUT2D eigenvalue weighted by Crippen LogP contribution is -2.46. The van der Waals surface area contributed by atoms with Gasteiger partial charge in [-0.25, -0.2) is 0 Å². The SMILES string of the molecule is CC(CCC(=O)O)[C@H]1CCC2C3CN4[C@@H](C)CC[C@]4(C)C3CC[C@@]21C. The largest absolute Gasteiger partial charge is 0.481 e. The highest BCUT2D eigenvalue weighted by atomic mass is 16.4. The summed E-state index contributed by atoms with van der Waals surface area (Å²) in [5.41, 5.74) is 0.927. The maximum atomic E-state index is 11.0. The van der Waals surface area contributed by atoms with Crippen molar-refractivity contribution in [2.75, 3.05) is 6.54 Å². The minimum atomic E-state index is -0.631. The maximum Gasteiger partial charge on any atom is 0.303 e. The zero-order chi connectivity index (χ0) is 18.0. The normalized spacial score (nSPS) is 50.3. The van der Waals surface area contributed by atoms with Crippen LogP contribution >= 0.6 is 0 Å². The summed E-state index contributed by atoms with van der Waals surface area (Å²) in [6, 6.07) is 0.772. The van der Waals surface area contributed by atoms with E-state index >= 15 is 0 Å². The van der Waals surface area contributed by atoms with Gasteiger partial charge in [-0.2, -0.15) is 0 Å². The quantitative estimate of drug-likeness (QED) is 0.794. The lowest BCUT2D eigenvalue weighted by Gasteiger charge is -2.50. The first-order valence-electron chi connectivity index (χ1n) is 10.8. The molecule has 2 saturated carbocycles. The Morgan fingerprint density at radius 2 is 1.92 bits per heavy atom. The number of aliphatic carboxylic acids is 1. The lowest BCUT2D eigenvalue weighted by molar-refractivity contribution is -0.137. The average molecular weight is 348 g/mol. The molecule has 25 heavy (non-hydrogen) atoms. The molecule has 2 aliphatic carbocycles. The Balaban J connectivity index is 1.53. The minimum Gasteiger partial charge on any atom is -0.481 e. The van der Waals surface area contributed by atoms with Gasteiger partial charge in [-0.1, -0.05) is 13.8 Å². The molecule has 0 aromatic carbocycles. The van der Waals surface area contributed by atoms with Gasteiger partial charge in [0.1, 0.15) is 0 Å². The number of carbonyl (C=O) groups is 1. The minimum absolute atomic E-state index is 0.341. The summed E-state index contributed by atoms with van der Waals surface area (Å²) in [6.45, 7) is 11.2. The number of carboxylic acid groups (broad SMARTS) is 1. The number of nitrogens with zero attached hydrogens (tertiary/aromatic N) is 1. The van der Waals surface area contributed by atoms with E-state index in [0.29, 0.717) is 23.3 Å². The monoisotopic (exact) mass is 347 g/mol. The summed E-state index contributed by atoms with van der Waals surface area (Å²) in [5.74, 6) is 3.33. The van der Waals surface area contributed by atoms with Crippen molar-refractivity contribution in [1.29, 1.82) is 0 Å². The molecule has 4 unspecified atom stereocenters. The Hall–Kier alpha value is -0.570. The van der Waals surface area contributed by atoms with Crippen molar-refractivity contribution >= 4 is 5.97 Å². The molecule has 4 rings (SSSR count). The van der Waals surface area contributed by atoms with Crippen LogP contribution < -0.4 is 0 Å². The third-order valence-electron chi connectivity index (χ3n) is 9.47. The van der Waals surface area contributed by atoms with E-state index in [1.54, 1.807) is 0 Å². The molecule has 142 valence electrons. The van der Waals surface area contributed by atoms with Crippen LogP contribution in [0.5, 0.6) is 0 Å². The first-order valence-corrected chi connectivity index (χ1v) is 10.8. The van der Waals surface area contributed by atoms with Crippen LogP contribution in [-0.4, -0.2) is 34.1 Å². The van der Waals surface area contributed by atoms with Crippen LogP contribution in [0.3, 0.4) is 0 Å². The van der Waals surface area contributed by atoms with Crippen molar-refractivity contribution in [3.63, 3.8) is 0 Å². The summed E-state index contributed by atoms with van der Waals surface area (Å²) in [7, 11) is 0. The summed E-state index contributed by atoms with van der Waals surface area (Å²) in [5, 5.41) is 9.06. The fraction of sp³-hybridized carbons (Fsp3) is 0.955. The van der Waals surface area contributed by atoms with E-state index in [4.69, 9.17) is 5.11 Å². The predicted molar refractivity (Wildman–Crippen MR) is 100 cm³/mol. The molecule has 3 nitrogen and oxygen atoms in total. The van der Waals surface area contributed by atoms with Crippen LogP contribution in [0.2, 0.25) is 0 Å². The Bertz CT molecular complexity index is 548. The van der Waals surface area contributed by atoms with E-state index in [1.165, 1.54) is 45.1 Å². The molecule has 0 spiro atoms. The van der Waals surface area contributed by atoms with Crippen molar-refractivity contribution < 1.29 is 9.90 Å². The van der Waals surface area contributed by atoms with E-state index in [0.717, 1.165) is 36.1 Å². The van der Waals surface area contributed by atoms with Crippen molar-refractivity contribution in [2.45, 2.75) is 90.6 Å². The van der Waals surface area contributed by atoms with Gasteiger partial charge in [0.05, 0.1) is 0 Å². The van der Waals surface area contributed by atoms with Gasteiger partial charge in [-0.3, -0.25) is 9.69 Å². The Morgan fingerprint density at radius 3 is 2.64 bits per heavy atom. The van der Waals surface area contributed by atoms with Crippen LogP contribution in [0.1, 0.15) is 79.1 Å². The zero-order valence-corrected chi connectivity index (χ0v) is 16.6. The van der Waals surface area contributed by atoms with Gasteiger partial charge in [0.15, 0.2) is 0 Å². The Labute approximate surface area is 153 Å². The van der Waals surface area contributed by atoms with Crippen LogP contribution in [-0.2, 0) is 4.79 Å². The Morgan fingerprint density at radius 1 is 1.16 bits per heavy atom. The first kappa shape index (κ1) is 17.8. The zero-order valence-electron chi connectivity index (χ0n) is 16.6. The van der Waals surface area contributed by atoms with Crippen molar-refractivity contribution in [1.82, 2.24) is 4.90 Å². The molecule has 0 aromatic rings. The van der Waals surface area contributed by atoms with Crippen molar-refractivity contribution in [3.05, 3.63) is 0 Å². The Kier molecular flexibility index (Phi) is 4.26. The fourth-order valence-electron chi connectivity index (χ4n) is 8.16. The third kappa shape index (κ3) is 2.51. The van der Waals surface area contributed by atoms with Gasteiger partial charge in [-0.15, -0.1) is 0 Å². The van der Waals surface area contributed by atoms with Crippen LogP contribution in [0.15, 0.2) is 0 Å². The molecule has 4 fully saturated rings. The van der Waals surface area contributed by atoms with Crippen LogP contribution in [0.25, 0.3) is 0 Å². The van der Waals surface area contributed by atoms with E-state index in [9.17, 15) is 4.79 Å². The van der Waals surface area contributed by atoms with Gasteiger partial charge in [-0.05, 0) is 93.8 Å². The molecule has 3 heteroatoms. The first-order chi connectivity index (χ1) is 11.8. The smallest absolute Gasteiger partial charge is 0.303 e. The van der Waals surface area contributed by atoms with E-state index in [-0.39, 0.29) is 0 Å². The summed E-state index contributed by atoms with van der Waals surface area (Å²) in [4.78, 5) is 13.9. The second kappa shape index (κ2) is 5.97. The highest BCUT2D eigenvalue weighted by molar-refractivity contribution is 5.66. The lowest BCUT2D eigenvalue weighted by atomic mass is 9.55. The number of rotatable bonds is 4. The third-order valence-corrected chi connectivity index (χ3v) is 9.47. The number of fused-ring (bicyclic) bond motifs is 5. The second-order valence-electron chi connectivity index (χ2n) is 10.4. The summed E-state index contributed by atoms with van der Waals surface area (Å²) < 4.78 is 0. The average Bonchev–Trinajstić information content (AvgIpc) is 3.14. The highest BCUT2D eigenvalue weighted by Gasteiger charge is 2.63. The van der Waals surface area contributed by atoms with Gasteiger partial charge in [0.2, 0.25) is 0 Å². The standard InChI is InChI=1S/C22H37NO2/c1-14(5-8-20(24)25)17-6-7-18-16-13-23-15(2)9-12-22(23,4)19(16)10-11-21(17,18)3/h14-19H,5-13H2,1-4H3,(H,24,25)/t14?,15-,16?,17+,18?,19?,21+,22+/m0/s1. The van der Waals surface area contributed by atoms with Gasteiger partial charge < -0.3 is 5.11 Å². The molecule has 0 amide bonds. The predicted octanol–water partition coefficient (Wildman–Crippen LogP) is 4.80. The fourth-order valence-corrected chi connectivity index (χ4v) is 8.16. The molecule has 2 aliphatic heterocycles. The number of hydrogen-bond acceptors (Lipinski definition) is 2. The molecule has 0 bridgehead atoms. The molecule has 4 aliphatic rings. The van der Waals surface area contributed by atoms with Gasteiger partial charge in [0.25, 0.3) is 0 Å². The van der Waals surface area contributed by atoms with Gasteiger partial charge in [0, 0.05) is 24.5 Å². The molecule has 1 N–H and O–H groups in total. The number of carboxylic acids is 1. The van der Waals surface area contributed by atoms with Crippen molar-refractivity contribution in [2.24, 2.45) is 35.0 Å². The molecule has 8 atom stereocenters.